The van der Waals surface area contributed by atoms with Crippen LogP contribution in [0.2, 0.25) is 0 Å². The molecule has 0 bridgehead atoms. The first-order valence-corrected chi connectivity index (χ1v) is 20.7. The number of ether oxygens (including phenoxy) is 4. The lowest BCUT2D eigenvalue weighted by Crippen LogP contribution is -2.15. The molecule has 4 nitrogen and oxygen atoms in total. The molecule has 54 heavy (non-hydrogen) atoms. The van der Waals surface area contributed by atoms with E-state index in [1.165, 1.54) is 41.9 Å². The van der Waals surface area contributed by atoms with Gasteiger partial charge in [-0.05, 0) is 104 Å². The summed E-state index contributed by atoms with van der Waals surface area (Å²) in [6.45, 7) is 17.7. The van der Waals surface area contributed by atoms with Crippen LogP contribution in [-0.2, 0) is 31.3 Å². The van der Waals surface area contributed by atoms with E-state index >= 15 is 0 Å². The Morgan fingerprint density at radius 1 is 0.444 bits per heavy atom. The van der Waals surface area contributed by atoms with Crippen molar-refractivity contribution in [3.8, 4) is 11.5 Å². The van der Waals surface area contributed by atoms with Crippen molar-refractivity contribution in [3.05, 3.63) is 196 Å². The molecule has 0 saturated carbocycles. The molecular weight excluding hydrogens is 705 g/mol. The lowest BCUT2D eigenvalue weighted by atomic mass is 10.3. The second kappa shape index (κ2) is 25.6. The van der Waals surface area contributed by atoms with E-state index in [2.05, 4.69) is 147 Å². The van der Waals surface area contributed by atoms with Crippen LogP contribution in [0, 0.1) is 0 Å². The standard InChI is InChI=1S/C23H23O2S.C21H19O2S.2C2H6/c1-3-24-19(2)18-25-20-14-16-23(17-15-20)26(21-10-6-4-7-11-21)22-12-8-5-9-13-22;1-2-22-17-23-18-13-15-21(16-14-18)24(19-9-5-3-6-10-19)20-11-7-4-8-12-20;2*1-2/h3-17,19H,1,18H2,2H3;2-16H,1,17H2;2*1-2H3/q2*+1;;. The van der Waals surface area contributed by atoms with Gasteiger partial charge in [-0.2, -0.15) is 0 Å². The van der Waals surface area contributed by atoms with E-state index in [9.17, 15) is 0 Å². The lowest BCUT2D eigenvalue weighted by molar-refractivity contribution is 0.0806. The molecule has 1 unspecified atom stereocenters. The van der Waals surface area contributed by atoms with Gasteiger partial charge in [0.1, 0.15) is 24.2 Å². The highest BCUT2D eigenvalue weighted by Gasteiger charge is 2.29. The summed E-state index contributed by atoms with van der Waals surface area (Å²) >= 11 is 0. The molecule has 0 N–H and O–H groups in total. The van der Waals surface area contributed by atoms with Crippen molar-refractivity contribution in [2.45, 2.75) is 70.1 Å². The fourth-order valence-corrected chi connectivity index (χ4v) is 9.12. The van der Waals surface area contributed by atoms with E-state index in [1.54, 1.807) is 0 Å². The fraction of sp³-hybridized carbons (Fsp3) is 0.167. The van der Waals surface area contributed by atoms with Gasteiger partial charge in [0.25, 0.3) is 0 Å². The van der Waals surface area contributed by atoms with Crippen LogP contribution >= 0.6 is 0 Å². The normalized spacial score (nSPS) is 10.5. The molecule has 0 fully saturated rings. The molecule has 0 aliphatic carbocycles. The molecule has 6 aromatic rings. The summed E-state index contributed by atoms with van der Waals surface area (Å²) in [6.07, 6.45) is 2.80. The third-order valence-corrected chi connectivity index (χ3v) is 11.7. The minimum Gasteiger partial charge on any atom is -0.495 e. The van der Waals surface area contributed by atoms with E-state index in [-0.39, 0.29) is 34.7 Å². The number of rotatable bonds is 15. The molecule has 0 heterocycles. The van der Waals surface area contributed by atoms with E-state index in [1.807, 2.05) is 71.0 Å². The summed E-state index contributed by atoms with van der Waals surface area (Å²) < 4.78 is 21.6. The number of hydrogen-bond acceptors (Lipinski definition) is 4. The molecule has 0 radical (unpaired) electrons. The molecule has 6 aromatic carbocycles. The van der Waals surface area contributed by atoms with Crippen LogP contribution in [0.3, 0.4) is 0 Å². The molecule has 1 atom stereocenters. The maximum atomic E-state index is 5.80. The minimum atomic E-state index is -0.133. The zero-order valence-electron chi connectivity index (χ0n) is 32.2. The summed E-state index contributed by atoms with van der Waals surface area (Å²) in [5.74, 6) is 1.63. The first kappa shape index (κ1) is 43.1. The van der Waals surface area contributed by atoms with Gasteiger partial charge in [-0.25, -0.2) is 0 Å². The predicted octanol–water partition coefficient (Wildman–Crippen LogP) is 13.0. The Morgan fingerprint density at radius 3 is 1.07 bits per heavy atom. The van der Waals surface area contributed by atoms with Gasteiger partial charge in [0.05, 0.1) is 34.3 Å². The van der Waals surface area contributed by atoms with Crippen molar-refractivity contribution in [2.75, 3.05) is 13.4 Å². The molecular formula is C48H54O4S2+2. The molecule has 0 aliphatic heterocycles. The number of hydrogen-bond donors (Lipinski definition) is 0. The van der Waals surface area contributed by atoms with E-state index < -0.39 is 0 Å². The highest BCUT2D eigenvalue weighted by atomic mass is 32.2. The zero-order valence-corrected chi connectivity index (χ0v) is 33.8. The SMILES string of the molecule is C=COC(C)COc1ccc([S+](c2ccccc2)c2ccccc2)cc1.C=COCOc1ccc([S+](c2ccccc2)c2ccccc2)cc1.CC.CC. The van der Waals surface area contributed by atoms with Crippen molar-refractivity contribution in [1.29, 1.82) is 0 Å². The van der Waals surface area contributed by atoms with Crippen LogP contribution in [0.5, 0.6) is 11.5 Å². The maximum Gasteiger partial charge on any atom is 0.229 e. The topological polar surface area (TPSA) is 36.9 Å². The fourth-order valence-electron chi connectivity index (χ4n) is 4.95. The first-order chi connectivity index (χ1) is 26.7. The summed E-state index contributed by atoms with van der Waals surface area (Å²) in [4.78, 5) is 7.73. The van der Waals surface area contributed by atoms with Crippen molar-refractivity contribution < 1.29 is 18.9 Å². The number of benzene rings is 6. The second-order valence-corrected chi connectivity index (χ2v) is 14.9. The second-order valence-electron chi connectivity index (χ2n) is 10.8. The molecule has 0 aromatic heterocycles. The van der Waals surface area contributed by atoms with Crippen LogP contribution in [0.1, 0.15) is 34.6 Å². The predicted molar refractivity (Wildman–Crippen MR) is 229 cm³/mol. The molecule has 6 rings (SSSR count). The Balaban J connectivity index is 0.000000267. The average molecular weight is 759 g/mol. The molecule has 0 amide bonds. The van der Waals surface area contributed by atoms with Gasteiger partial charge in [-0.1, -0.05) is 114 Å². The van der Waals surface area contributed by atoms with Gasteiger partial charge in [0.2, 0.25) is 6.79 Å². The van der Waals surface area contributed by atoms with Crippen LogP contribution in [0.25, 0.3) is 0 Å². The molecule has 0 saturated heterocycles. The van der Waals surface area contributed by atoms with Crippen molar-refractivity contribution >= 4 is 21.8 Å². The largest absolute Gasteiger partial charge is 0.495 e. The zero-order chi connectivity index (χ0) is 38.8. The van der Waals surface area contributed by atoms with Crippen molar-refractivity contribution in [1.82, 2.24) is 0 Å². The summed E-state index contributed by atoms with van der Waals surface area (Å²) in [7, 11) is -0.265. The first-order valence-electron chi connectivity index (χ1n) is 18.3. The van der Waals surface area contributed by atoms with E-state index in [0.29, 0.717) is 6.61 Å². The van der Waals surface area contributed by atoms with Gasteiger partial charge in [-0.15, -0.1) is 0 Å². The Hall–Kier alpha value is -5.30. The highest BCUT2D eigenvalue weighted by Crippen LogP contribution is 2.33. The Kier molecular flexibility index (Phi) is 20.5. The van der Waals surface area contributed by atoms with Gasteiger partial charge in [-0.3, -0.25) is 0 Å². The molecule has 0 aliphatic rings. The van der Waals surface area contributed by atoms with Gasteiger partial charge in [0.15, 0.2) is 29.4 Å². The van der Waals surface area contributed by atoms with Crippen LogP contribution in [0.4, 0.5) is 0 Å². The van der Waals surface area contributed by atoms with E-state index in [4.69, 9.17) is 18.9 Å². The quantitative estimate of drug-likeness (QED) is 0.0452. The van der Waals surface area contributed by atoms with Gasteiger partial charge >= 0.3 is 0 Å². The third-order valence-electron chi connectivity index (χ3n) is 7.26. The summed E-state index contributed by atoms with van der Waals surface area (Å²) in [6, 6.07) is 59.0. The minimum absolute atomic E-state index is 0.0181. The van der Waals surface area contributed by atoms with E-state index in [0.717, 1.165) is 11.5 Å². The highest BCUT2D eigenvalue weighted by molar-refractivity contribution is 7.97. The smallest absolute Gasteiger partial charge is 0.229 e. The van der Waals surface area contributed by atoms with Gasteiger partial charge in [0, 0.05) is 0 Å². The maximum absolute atomic E-state index is 5.80. The summed E-state index contributed by atoms with van der Waals surface area (Å²) in [5.41, 5.74) is 0. The van der Waals surface area contributed by atoms with Crippen molar-refractivity contribution in [3.63, 3.8) is 0 Å². The van der Waals surface area contributed by atoms with Crippen LogP contribution in [0.15, 0.2) is 225 Å². The average Bonchev–Trinajstić information content (AvgIpc) is 3.25. The van der Waals surface area contributed by atoms with Crippen LogP contribution < -0.4 is 9.47 Å². The Bertz CT molecular complexity index is 1760. The third kappa shape index (κ3) is 13.9. The monoisotopic (exact) mass is 758 g/mol. The molecule has 6 heteroatoms. The van der Waals surface area contributed by atoms with Crippen LogP contribution in [-0.4, -0.2) is 19.5 Å². The Morgan fingerprint density at radius 2 is 0.759 bits per heavy atom. The molecule has 0 spiro atoms. The lowest BCUT2D eigenvalue weighted by Gasteiger charge is -2.13. The molecule has 280 valence electrons. The summed E-state index contributed by atoms with van der Waals surface area (Å²) in [5, 5.41) is 0. The van der Waals surface area contributed by atoms with Crippen molar-refractivity contribution in [2.24, 2.45) is 0 Å². The Labute approximate surface area is 329 Å². The van der Waals surface area contributed by atoms with Gasteiger partial charge < -0.3 is 18.9 Å².